The van der Waals surface area contributed by atoms with E-state index in [-0.39, 0.29) is 23.5 Å². The minimum Gasteiger partial charge on any atom is -0.493 e. The van der Waals surface area contributed by atoms with E-state index in [1.165, 1.54) is 10.6 Å². The topological polar surface area (TPSA) is 125 Å². The molecule has 11 heteroatoms. The van der Waals surface area contributed by atoms with E-state index < -0.39 is 21.7 Å². The molecule has 0 spiro atoms. The van der Waals surface area contributed by atoms with E-state index in [2.05, 4.69) is 10.0 Å². The van der Waals surface area contributed by atoms with Gasteiger partial charge in [-0.3, -0.25) is 9.52 Å². The molecule has 210 valence electrons. The third kappa shape index (κ3) is 8.14. The number of hydrogen-bond donors (Lipinski definition) is 2. The zero-order valence-electron chi connectivity index (χ0n) is 23.0. The monoisotopic (exact) mass is 549 g/mol. The van der Waals surface area contributed by atoms with Crippen LogP contribution in [0.3, 0.4) is 0 Å². The summed E-state index contributed by atoms with van der Waals surface area (Å²) in [5.74, 6) is 0.874. The van der Waals surface area contributed by atoms with Crippen LogP contribution < -0.4 is 25.1 Å². The average Bonchev–Trinajstić information content (AvgIpc) is 2.82. The van der Waals surface area contributed by atoms with Gasteiger partial charge >= 0.3 is 6.09 Å². The molecule has 0 saturated heterocycles. The number of nitrogens with one attached hydrogen (secondary N) is 2. The number of benzene rings is 1. The molecule has 10 nitrogen and oxygen atoms in total. The van der Waals surface area contributed by atoms with E-state index in [1.807, 2.05) is 27.7 Å². The molecule has 0 bridgehead atoms. The van der Waals surface area contributed by atoms with Gasteiger partial charge in [-0.1, -0.05) is 0 Å². The largest absolute Gasteiger partial charge is 0.493 e. The molecule has 2 aromatic rings. The van der Waals surface area contributed by atoms with Crippen molar-refractivity contribution >= 4 is 21.8 Å². The van der Waals surface area contributed by atoms with Crippen LogP contribution in [-0.2, 0) is 21.8 Å². The van der Waals surface area contributed by atoms with Gasteiger partial charge in [0.1, 0.15) is 17.1 Å². The lowest BCUT2D eigenvalue weighted by Gasteiger charge is -2.31. The number of nitrogens with zero attached hydrogens (tertiary/aromatic N) is 1. The predicted octanol–water partition coefficient (Wildman–Crippen LogP) is 4.43. The summed E-state index contributed by atoms with van der Waals surface area (Å²) in [6.07, 6.45) is 4.04. The third-order valence-electron chi connectivity index (χ3n) is 6.10. The van der Waals surface area contributed by atoms with Gasteiger partial charge in [0, 0.05) is 42.2 Å². The van der Waals surface area contributed by atoms with Crippen molar-refractivity contribution in [2.45, 2.75) is 78.0 Å². The van der Waals surface area contributed by atoms with E-state index >= 15 is 0 Å². The van der Waals surface area contributed by atoms with Crippen molar-refractivity contribution < 1.29 is 27.4 Å². The number of hydrogen-bond acceptors (Lipinski definition) is 7. The molecule has 1 saturated carbocycles. The summed E-state index contributed by atoms with van der Waals surface area (Å²) in [5, 5.41) is 2.93. The Bertz CT molecular complexity index is 1290. The maximum atomic E-state index is 12.3. The molecule has 0 unspecified atom stereocenters. The Morgan fingerprint density at radius 2 is 1.74 bits per heavy atom. The summed E-state index contributed by atoms with van der Waals surface area (Å²) in [4.78, 5) is 24.4. The van der Waals surface area contributed by atoms with Crippen LogP contribution in [0, 0.1) is 0 Å². The van der Waals surface area contributed by atoms with Gasteiger partial charge in [-0.2, -0.15) is 0 Å². The molecule has 1 aliphatic rings. The minimum atomic E-state index is -3.50. The lowest BCUT2D eigenvalue weighted by Crippen LogP contribution is -2.42. The number of ether oxygens (including phenoxy) is 3. The summed E-state index contributed by atoms with van der Waals surface area (Å²) < 4.78 is 46.0. The second kappa shape index (κ2) is 12.1. The van der Waals surface area contributed by atoms with Crippen LogP contribution in [0.4, 0.5) is 10.5 Å². The van der Waals surface area contributed by atoms with E-state index in [1.54, 1.807) is 38.4 Å². The van der Waals surface area contributed by atoms with Crippen LogP contribution in [0.5, 0.6) is 11.5 Å². The summed E-state index contributed by atoms with van der Waals surface area (Å²) in [5.41, 5.74) is 0.824. The Kier molecular flexibility index (Phi) is 9.35. The normalized spacial score (nSPS) is 17.9. The third-order valence-corrected chi connectivity index (χ3v) is 7.41. The van der Waals surface area contributed by atoms with Crippen LogP contribution in [-0.4, -0.2) is 49.2 Å². The Morgan fingerprint density at radius 1 is 1.05 bits per heavy atom. The van der Waals surface area contributed by atoms with E-state index in [9.17, 15) is 18.0 Å². The van der Waals surface area contributed by atoms with Crippen LogP contribution in [0.25, 0.3) is 11.1 Å². The minimum absolute atomic E-state index is 0.00296. The average molecular weight is 550 g/mol. The molecule has 3 rings (SSSR count). The maximum Gasteiger partial charge on any atom is 0.407 e. The quantitative estimate of drug-likeness (QED) is 0.474. The van der Waals surface area contributed by atoms with Crippen molar-refractivity contribution in [3.8, 4) is 22.6 Å². The molecule has 1 aromatic carbocycles. The lowest BCUT2D eigenvalue weighted by molar-refractivity contribution is 0.0471. The second-order valence-corrected chi connectivity index (χ2v) is 12.4. The number of rotatable bonds is 9. The lowest BCUT2D eigenvalue weighted by atomic mass is 9.93. The van der Waals surface area contributed by atoms with Crippen LogP contribution >= 0.6 is 0 Å². The van der Waals surface area contributed by atoms with Crippen molar-refractivity contribution in [1.29, 1.82) is 0 Å². The second-order valence-electron chi connectivity index (χ2n) is 10.4. The van der Waals surface area contributed by atoms with Gasteiger partial charge < -0.3 is 24.1 Å². The van der Waals surface area contributed by atoms with Crippen LogP contribution in [0.2, 0.25) is 0 Å². The van der Waals surface area contributed by atoms with Gasteiger partial charge in [0.05, 0.1) is 18.5 Å². The van der Waals surface area contributed by atoms with Gasteiger partial charge in [0.15, 0.2) is 0 Å². The Labute approximate surface area is 224 Å². The fourth-order valence-electron chi connectivity index (χ4n) is 4.23. The first-order valence-corrected chi connectivity index (χ1v) is 14.6. The highest BCUT2D eigenvalue weighted by atomic mass is 32.2. The van der Waals surface area contributed by atoms with Gasteiger partial charge in [-0.15, -0.1) is 0 Å². The number of anilines is 1. The standard InChI is InChI=1S/C27H39N3O7S/c1-7-35-24-16-25(31)30(6)17-22(24)21-15-19(29-38(33,34)8-2)11-14-23(21)36-20-12-9-18(10-13-20)28-26(32)37-27(3,4)5/h11,14-18,20,29H,7-10,12-13H2,1-6H3,(H,28,32). The smallest absolute Gasteiger partial charge is 0.407 e. The number of carbonyl (C=O) groups is 1. The summed E-state index contributed by atoms with van der Waals surface area (Å²) >= 11 is 0. The molecule has 38 heavy (non-hydrogen) atoms. The summed E-state index contributed by atoms with van der Waals surface area (Å²) in [7, 11) is -1.85. The number of alkyl carbamates (subject to hydrolysis) is 1. The molecule has 1 heterocycles. The Hall–Kier alpha value is -3.21. The predicted molar refractivity (Wildman–Crippen MR) is 147 cm³/mol. The highest BCUT2D eigenvalue weighted by molar-refractivity contribution is 7.92. The number of sulfonamides is 1. The summed E-state index contributed by atoms with van der Waals surface area (Å²) in [6.45, 7) is 9.23. The van der Waals surface area contributed by atoms with Gasteiger partial charge in [-0.25, -0.2) is 13.2 Å². The van der Waals surface area contributed by atoms with Crippen LogP contribution in [0.15, 0.2) is 35.3 Å². The van der Waals surface area contributed by atoms with Gasteiger partial charge in [0.25, 0.3) is 5.56 Å². The number of amides is 1. The highest BCUT2D eigenvalue weighted by Gasteiger charge is 2.27. The molecule has 1 amide bonds. The summed E-state index contributed by atoms with van der Waals surface area (Å²) in [6, 6.07) is 6.50. The first-order chi connectivity index (χ1) is 17.8. The van der Waals surface area contributed by atoms with E-state index in [0.717, 1.165) is 25.7 Å². The first-order valence-electron chi connectivity index (χ1n) is 12.9. The van der Waals surface area contributed by atoms with Crippen LogP contribution in [0.1, 0.15) is 60.3 Å². The molecule has 0 aliphatic heterocycles. The molecule has 1 aromatic heterocycles. The van der Waals surface area contributed by atoms with E-state index in [0.29, 0.717) is 34.9 Å². The number of aromatic nitrogens is 1. The molecular formula is C27H39N3O7S. The molecule has 1 aliphatic carbocycles. The molecule has 1 fully saturated rings. The van der Waals surface area contributed by atoms with Crippen molar-refractivity contribution in [1.82, 2.24) is 9.88 Å². The molecule has 0 atom stereocenters. The number of aryl methyl sites for hydroxylation is 1. The van der Waals surface area contributed by atoms with Crippen molar-refractivity contribution in [3.05, 3.63) is 40.8 Å². The van der Waals surface area contributed by atoms with E-state index in [4.69, 9.17) is 14.2 Å². The zero-order valence-corrected chi connectivity index (χ0v) is 23.8. The van der Waals surface area contributed by atoms with Crippen molar-refractivity contribution in [2.75, 3.05) is 17.1 Å². The fraction of sp³-hybridized carbons (Fsp3) is 0.556. The number of pyridine rings is 1. The Balaban J connectivity index is 1.86. The Morgan fingerprint density at radius 3 is 2.34 bits per heavy atom. The highest BCUT2D eigenvalue weighted by Crippen LogP contribution is 2.39. The van der Waals surface area contributed by atoms with Crippen molar-refractivity contribution in [2.24, 2.45) is 7.05 Å². The molecular weight excluding hydrogens is 510 g/mol. The van der Waals surface area contributed by atoms with Gasteiger partial charge in [0.2, 0.25) is 10.0 Å². The van der Waals surface area contributed by atoms with Gasteiger partial charge in [-0.05, 0) is 78.5 Å². The zero-order chi connectivity index (χ0) is 28.1. The molecule has 2 N–H and O–H groups in total. The maximum absolute atomic E-state index is 12.3. The SMILES string of the molecule is CCOc1cc(=O)n(C)cc1-c1cc(NS(=O)(=O)CC)ccc1OC1CCC(NC(=O)OC(C)(C)C)CC1. The molecule has 0 radical (unpaired) electrons. The number of carbonyl (C=O) groups excluding carboxylic acids is 1. The fourth-order valence-corrected chi connectivity index (χ4v) is 4.86. The first kappa shape index (κ1) is 29.3. The van der Waals surface area contributed by atoms with Crippen molar-refractivity contribution in [3.63, 3.8) is 0 Å².